The van der Waals surface area contributed by atoms with Crippen molar-refractivity contribution in [2.24, 2.45) is 0 Å². The van der Waals surface area contributed by atoms with Gasteiger partial charge in [-0.2, -0.15) is 0 Å². The predicted octanol–water partition coefficient (Wildman–Crippen LogP) is 5.35. The zero-order valence-electron chi connectivity index (χ0n) is 13.2. The van der Waals surface area contributed by atoms with E-state index in [0.29, 0.717) is 11.1 Å². The molecule has 0 saturated carbocycles. The fraction of sp³-hybridized carbons (Fsp3) is 0.222. The molecule has 0 bridgehead atoms. The zero-order valence-corrected chi connectivity index (χ0v) is 14.0. The van der Waals surface area contributed by atoms with Gasteiger partial charge >= 0.3 is 0 Å². The molecule has 3 rings (SSSR count). The van der Waals surface area contributed by atoms with E-state index in [9.17, 15) is 4.39 Å². The molecule has 0 spiro atoms. The van der Waals surface area contributed by atoms with E-state index in [4.69, 9.17) is 4.42 Å². The highest BCUT2D eigenvalue weighted by atomic mass is 32.2. The molecular weight excluding hydrogens is 311 g/mol. The van der Waals surface area contributed by atoms with E-state index in [2.05, 4.69) is 16.3 Å². The minimum absolute atomic E-state index is 0.100. The Morgan fingerprint density at radius 3 is 2.30 bits per heavy atom. The molecule has 23 heavy (non-hydrogen) atoms. The molecule has 0 N–H and O–H groups in total. The first-order valence-corrected chi connectivity index (χ1v) is 8.23. The normalized spacial score (nSPS) is 12.3. The van der Waals surface area contributed by atoms with E-state index < -0.39 is 0 Å². The summed E-state index contributed by atoms with van der Waals surface area (Å²) < 4.78 is 18.7. The number of thioether (sulfide) groups is 1. The Bertz CT molecular complexity index is 794. The van der Waals surface area contributed by atoms with Crippen molar-refractivity contribution in [2.45, 2.75) is 31.2 Å². The summed E-state index contributed by atoms with van der Waals surface area (Å²) in [4.78, 5) is 0. The predicted molar refractivity (Wildman–Crippen MR) is 89.9 cm³/mol. The van der Waals surface area contributed by atoms with Crippen LogP contribution in [0.3, 0.4) is 0 Å². The highest BCUT2D eigenvalue weighted by molar-refractivity contribution is 7.99. The lowest BCUT2D eigenvalue weighted by atomic mass is 10.1. The quantitative estimate of drug-likeness (QED) is 0.606. The molecule has 0 aliphatic carbocycles. The molecule has 5 heteroatoms. The molecule has 0 amide bonds. The molecule has 1 heterocycles. The van der Waals surface area contributed by atoms with Crippen LogP contribution in [0.15, 0.2) is 52.1 Å². The molecular formula is C18H17FN2OS. The summed E-state index contributed by atoms with van der Waals surface area (Å²) in [5.74, 6) is 0.284. The van der Waals surface area contributed by atoms with E-state index in [1.807, 2.05) is 32.9 Å². The summed E-state index contributed by atoms with van der Waals surface area (Å²) in [5.41, 5.74) is 4.26. The first kappa shape index (κ1) is 15.7. The molecule has 3 aromatic rings. The first-order valence-electron chi connectivity index (χ1n) is 7.35. The highest BCUT2D eigenvalue weighted by Crippen LogP contribution is 2.35. The van der Waals surface area contributed by atoms with Gasteiger partial charge in [0.15, 0.2) is 0 Å². The number of hydrogen-bond acceptors (Lipinski definition) is 4. The number of hydrogen-bond donors (Lipinski definition) is 0. The summed E-state index contributed by atoms with van der Waals surface area (Å²) in [6.07, 6.45) is 0. The number of aryl methyl sites for hydroxylation is 2. The van der Waals surface area contributed by atoms with Gasteiger partial charge in [0.25, 0.3) is 5.22 Å². The van der Waals surface area contributed by atoms with E-state index in [-0.39, 0.29) is 11.1 Å². The van der Waals surface area contributed by atoms with Gasteiger partial charge in [0.1, 0.15) is 5.82 Å². The fourth-order valence-electron chi connectivity index (χ4n) is 2.43. The second-order valence-electron chi connectivity index (χ2n) is 5.56. The van der Waals surface area contributed by atoms with Gasteiger partial charge in [0, 0.05) is 10.8 Å². The number of halogens is 1. The monoisotopic (exact) mass is 328 g/mol. The van der Waals surface area contributed by atoms with Gasteiger partial charge in [-0.15, -0.1) is 10.2 Å². The van der Waals surface area contributed by atoms with E-state index in [1.165, 1.54) is 23.9 Å². The van der Waals surface area contributed by atoms with Crippen molar-refractivity contribution >= 4 is 11.8 Å². The Balaban J connectivity index is 1.77. The van der Waals surface area contributed by atoms with Gasteiger partial charge in [-0.1, -0.05) is 41.1 Å². The van der Waals surface area contributed by atoms with Gasteiger partial charge in [0.05, 0.1) is 0 Å². The zero-order chi connectivity index (χ0) is 16.4. The Kier molecular flexibility index (Phi) is 4.48. The standard InChI is InChI=1S/C18H17FN2OS/c1-11-8-12(2)10-15(9-11)17-20-21-18(22-17)23-13(3)14-4-6-16(19)7-5-14/h4-10,13H,1-3H3/t13-/m0/s1. The maximum atomic E-state index is 13.0. The van der Waals surface area contributed by atoms with Crippen LogP contribution in [0.4, 0.5) is 4.39 Å². The van der Waals surface area contributed by atoms with Crippen LogP contribution < -0.4 is 0 Å². The third-order valence-corrected chi connectivity index (χ3v) is 4.48. The van der Waals surface area contributed by atoms with Crippen LogP contribution in [0, 0.1) is 19.7 Å². The van der Waals surface area contributed by atoms with E-state index in [0.717, 1.165) is 22.3 Å². The third kappa shape index (κ3) is 3.79. The largest absolute Gasteiger partial charge is 0.411 e. The molecule has 0 radical (unpaired) electrons. The summed E-state index contributed by atoms with van der Waals surface area (Å²) in [7, 11) is 0. The Labute approximate surface area is 138 Å². The molecule has 0 fully saturated rings. The van der Waals surface area contributed by atoms with Gasteiger partial charge < -0.3 is 4.42 Å². The highest BCUT2D eigenvalue weighted by Gasteiger charge is 2.14. The maximum absolute atomic E-state index is 13.0. The molecule has 0 aliphatic heterocycles. The van der Waals surface area contributed by atoms with Crippen molar-refractivity contribution in [1.29, 1.82) is 0 Å². The van der Waals surface area contributed by atoms with Crippen molar-refractivity contribution in [3.8, 4) is 11.5 Å². The second kappa shape index (κ2) is 6.54. The van der Waals surface area contributed by atoms with Crippen molar-refractivity contribution in [3.05, 3.63) is 65.0 Å². The van der Waals surface area contributed by atoms with Crippen LogP contribution in [-0.2, 0) is 0 Å². The number of benzene rings is 2. The summed E-state index contributed by atoms with van der Waals surface area (Å²) in [6, 6.07) is 12.6. The molecule has 0 aliphatic rings. The number of aromatic nitrogens is 2. The summed E-state index contributed by atoms with van der Waals surface area (Å²) in [5, 5.41) is 8.85. The van der Waals surface area contributed by atoms with Crippen LogP contribution >= 0.6 is 11.8 Å². The maximum Gasteiger partial charge on any atom is 0.277 e. The van der Waals surface area contributed by atoms with Crippen LogP contribution in [0.1, 0.15) is 28.9 Å². The Hall–Kier alpha value is -2.14. The molecule has 1 atom stereocenters. The van der Waals surface area contributed by atoms with Crippen LogP contribution in [0.2, 0.25) is 0 Å². The average Bonchev–Trinajstić information content (AvgIpc) is 2.95. The molecule has 118 valence electrons. The number of nitrogens with zero attached hydrogens (tertiary/aromatic N) is 2. The smallest absolute Gasteiger partial charge is 0.277 e. The molecule has 1 aromatic heterocycles. The average molecular weight is 328 g/mol. The van der Waals surface area contributed by atoms with Crippen LogP contribution in [0.5, 0.6) is 0 Å². The molecule has 3 nitrogen and oxygen atoms in total. The van der Waals surface area contributed by atoms with E-state index in [1.54, 1.807) is 12.1 Å². The summed E-state index contributed by atoms with van der Waals surface area (Å²) >= 11 is 1.46. The van der Waals surface area contributed by atoms with Crippen molar-refractivity contribution in [3.63, 3.8) is 0 Å². The molecule has 2 aromatic carbocycles. The number of rotatable bonds is 4. The first-order chi connectivity index (χ1) is 11.0. The van der Waals surface area contributed by atoms with Crippen molar-refractivity contribution in [2.75, 3.05) is 0 Å². The topological polar surface area (TPSA) is 38.9 Å². The Morgan fingerprint density at radius 2 is 1.65 bits per heavy atom. The van der Waals surface area contributed by atoms with Gasteiger partial charge in [0.2, 0.25) is 5.89 Å². The second-order valence-corrected chi connectivity index (χ2v) is 6.85. The van der Waals surface area contributed by atoms with Gasteiger partial charge in [-0.25, -0.2) is 4.39 Å². The molecule has 0 unspecified atom stereocenters. The molecule has 0 saturated heterocycles. The van der Waals surface area contributed by atoms with E-state index >= 15 is 0 Å². The van der Waals surface area contributed by atoms with Gasteiger partial charge in [-0.05, 0) is 50.6 Å². The fourth-order valence-corrected chi connectivity index (χ4v) is 3.24. The lowest BCUT2D eigenvalue weighted by Gasteiger charge is -2.08. The Morgan fingerprint density at radius 1 is 1.00 bits per heavy atom. The van der Waals surface area contributed by atoms with Gasteiger partial charge in [-0.3, -0.25) is 0 Å². The minimum Gasteiger partial charge on any atom is -0.411 e. The minimum atomic E-state index is -0.235. The third-order valence-electron chi connectivity index (χ3n) is 3.49. The van der Waals surface area contributed by atoms with Crippen LogP contribution in [-0.4, -0.2) is 10.2 Å². The van der Waals surface area contributed by atoms with Crippen molar-refractivity contribution < 1.29 is 8.81 Å². The van der Waals surface area contributed by atoms with Crippen LogP contribution in [0.25, 0.3) is 11.5 Å². The SMILES string of the molecule is Cc1cc(C)cc(-c2nnc(S[C@@H](C)c3ccc(F)cc3)o2)c1. The van der Waals surface area contributed by atoms with Crippen molar-refractivity contribution in [1.82, 2.24) is 10.2 Å². The lowest BCUT2D eigenvalue weighted by Crippen LogP contribution is -1.88. The summed E-state index contributed by atoms with van der Waals surface area (Å²) in [6.45, 7) is 6.11. The lowest BCUT2D eigenvalue weighted by molar-refractivity contribution is 0.465.